The Morgan fingerprint density at radius 3 is 2.57 bits per heavy atom. The largest absolute Gasteiger partial charge is 0.341 e. The van der Waals surface area contributed by atoms with Crippen LogP contribution in [0.5, 0.6) is 0 Å². The third-order valence-electron chi connectivity index (χ3n) is 5.28. The molecule has 1 aliphatic heterocycles. The van der Waals surface area contributed by atoms with Gasteiger partial charge in [0.15, 0.2) is 17.1 Å². The van der Waals surface area contributed by atoms with Crippen LogP contribution in [0.15, 0.2) is 35.3 Å². The van der Waals surface area contributed by atoms with Crippen LogP contribution in [0.1, 0.15) is 18.7 Å². The van der Waals surface area contributed by atoms with Gasteiger partial charge in [-0.3, -0.25) is 19.4 Å². The summed E-state index contributed by atoms with van der Waals surface area (Å²) in [5.41, 5.74) is 3.07. The van der Waals surface area contributed by atoms with E-state index in [4.69, 9.17) is 0 Å². The van der Waals surface area contributed by atoms with Gasteiger partial charge in [-0.2, -0.15) is 5.10 Å². The summed E-state index contributed by atoms with van der Waals surface area (Å²) in [6.45, 7) is 3.46. The number of nitrogens with zero attached hydrogens (tertiary/aromatic N) is 6. The number of hydrogen-bond acceptors (Lipinski definition) is 6. The Hall–Kier alpha value is -3.82. The molecule has 30 heavy (non-hydrogen) atoms. The van der Waals surface area contributed by atoms with E-state index in [1.807, 2.05) is 31.2 Å². The second-order valence-corrected chi connectivity index (χ2v) is 7.32. The molecule has 1 aromatic carbocycles. The van der Waals surface area contributed by atoms with Crippen molar-refractivity contribution in [1.82, 2.24) is 39.6 Å². The first-order valence-corrected chi connectivity index (χ1v) is 9.81. The summed E-state index contributed by atoms with van der Waals surface area (Å²) in [7, 11) is 0. The fraction of sp³-hybridized carbons (Fsp3) is 0.300. The van der Waals surface area contributed by atoms with Gasteiger partial charge in [-0.05, 0) is 13.3 Å². The number of hydrogen-bond donors (Lipinski definition) is 2. The van der Waals surface area contributed by atoms with Gasteiger partial charge in [0.1, 0.15) is 5.82 Å². The lowest BCUT2D eigenvalue weighted by Crippen LogP contribution is -2.31. The predicted octanol–water partition coefficient (Wildman–Crippen LogP) is 1.50. The Kier molecular flexibility index (Phi) is 4.38. The topological polar surface area (TPSA) is 125 Å². The number of amides is 1. The zero-order valence-electron chi connectivity index (χ0n) is 16.4. The van der Waals surface area contributed by atoms with Gasteiger partial charge in [-0.1, -0.05) is 24.3 Å². The summed E-state index contributed by atoms with van der Waals surface area (Å²) >= 11 is 0. The lowest BCUT2D eigenvalue weighted by atomic mass is 10.1. The number of benzene rings is 1. The monoisotopic (exact) mass is 404 g/mol. The number of nitrogens with one attached hydrogen (secondary N) is 2. The van der Waals surface area contributed by atoms with Crippen molar-refractivity contribution < 1.29 is 4.79 Å². The quantitative estimate of drug-likeness (QED) is 0.519. The number of rotatable bonds is 5. The Labute approximate surface area is 171 Å². The molecule has 0 bridgehead atoms. The normalized spacial score (nSPS) is 14.2. The van der Waals surface area contributed by atoms with Gasteiger partial charge in [0, 0.05) is 37.2 Å². The van der Waals surface area contributed by atoms with E-state index in [9.17, 15) is 9.59 Å². The van der Waals surface area contributed by atoms with Crippen LogP contribution in [0.2, 0.25) is 0 Å². The number of fused-ring (bicyclic) bond motifs is 1. The maximum atomic E-state index is 12.4. The molecule has 4 aromatic rings. The molecular formula is C20H20N8O2. The maximum absolute atomic E-state index is 12.4. The van der Waals surface area contributed by atoms with Gasteiger partial charge in [0.25, 0.3) is 0 Å². The molecule has 0 atom stereocenters. The molecule has 152 valence electrons. The first-order valence-electron chi connectivity index (χ1n) is 9.81. The molecule has 2 N–H and O–H groups in total. The van der Waals surface area contributed by atoms with E-state index in [1.165, 1.54) is 0 Å². The van der Waals surface area contributed by atoms with Gasteiger partial charge < -0.3 is 4.90 Å². The Morgan fingerprint density at radius 2 is 1.87 bits per heavy atom. The lowest BCUT2D eigenvalue weighted by Gasteiger charge is -2.15. The molecule has 0 radical (unpaired) electrons. The van der Waals surface area contributed by atoms with E-state index < -0.39 is 0 Å². The maximum Gasteiger partial charge on any atom is 0.328 e. The Morgan fingerprint density at radius 1 is 1.07 bits per heavy atom. The van der Waals surface area contributed by atoms with Crippen molar-refractivity contribution in [2.24, 2.45) is 0 Å². The van der Waals surface area contributed by atoms with Crippen molar-refractivity contribution in [1.29, 1.82) is 0 Å². The van der Waals surface area contributed by atoms with E-state index in [1.54, 1.807) is 15.7 Å². The molecule has 10 heteroatoms. The molecule has 0 spiro atoms. The van der Waals surface area contributed by atoms with Crippen molar-refractivity contribution in [2.75, 3.05) is 13.1 Å². The van der Waals surface area contributed by atoms with E-state index in [-0.39, 0.29) is 11.6 Å². The lowest BCUT2D eigenvalue weighted by molar-refractivity contribution is -0.127. The van der Waals surface area contributed by atoms with Crippen molar-refractivity contribution in [3.63, 3.8) is 0 Å². The van der Waals surface area contributed by atoms with Crippen LogP contribution in [0, 0.1) is 6.92 Å². The summed E-state index contributed by atoms with van der Waals surface area (Å²) in [6.07, 6.45) is 3.09. The number of aromatic nitrogens is 7. The van der Waals surface area contributed by atoms with Crippen LogP contribution in [0.3, 0.4) is 0 Å². The molecule has 10 nitrogen and oxygen atoms in total. The molecule has 1 fully saturated rings. The van der Waals surface area contributed by atoms with Crippen LogP contribution in [-0.4, -0.2) is 58.6 Å². The summed E-state index contributed by atoms with van der Waals surface area (Å²) < 4.78 is 1.54. The Balaban J connectivity index is 1.44. The minimum atomic E-state index is -0.274. The molecule has 0 aliphatic carbocycles. The smallest absolute Gasteiger partial charge is 0.328 e. The van der Waals surface area contributed by atoms with Crippen LogP contribution in [0.4, 0.5) is 0 Å². The first-order chi connectivity index (χ1) is 14.6. The fourth-order valence-electron chi connectivity index (χ4n) is 3.69. The second-order valence-electron chi connectivity index (χ2n) is 7.32. The van der Waals surface area contributed by atoms with E-state index >= 15 is 0 Å². The average molecular weight is 404 g/mol. The number of likely N-dealkylation sites (tertiary alicyclic amines) is 1. The highest BCUT2D eigenvalue weighted by atomic mass is 16.2. The molecule has 5 rings (SSSR count). The highest BCUT2D eigenvalue weighted by Gasteiger charge is 2.20. The SMILES string of the molecule is Cc1nc(-c2ccc(-c3cnc4[nH]c(=O)n(CCN5CCCC5=O)c4n3)cc2)n[nH]1. The molecule has 4 heterocycles. The van der Waals surface area contributed by atoms with Gasteiger partial charge >= 0.3 is 5.69 Å². The zero-order valence-corrected chi connectivity index (χ0v) is 16.4. The van der Waals surface area contributed by atoms with Crippen LogP contribution in [-0.2, 0) is 11.3 Å². The fourth-order valence-corrected chi connectivity index (χ4v) is 3.69. The van der Waals surface area contributed by atoms with Crippen molar-refractivity contribution in [3.05, 3.63) is 46.8 Å². The average Bonchev–Trinajstić information content (AvgIpc) is 3.45. The van der Waals surface area contributed by atoms with Gasteiger partial charge in [0.2, 0.25) is 5.91 Å². The van der Waals surface area contributed by atoms with Crippen molar-refractivity contribution in [3.8, 4) is 22.6 Å². The minimum absolute atomic E-state index is 0.136. The van der Waals surface area contributed by atoms with Gasteiger partial charge in [-0.15, -0.1) is 0 Å². The van der Waals surface area contributed by atoms with Crippen molar-refractivity contribution in [2.45, 2.75) is 26.3 Å². The van der Waals surface area contributed by atoms with E-state index in [0.717, 1.165) is 29.9 Å². The first kappa shape index (κ1) is 18.2. The molecule has 0 unspecified atom stereocenters. The van der Waals surface area contributed by atoms with Crippen LogP contribution < -0.4 is 5.69 Å². The number of imidazole rings is 1. The van der Waals surface area contributed by atoms with Crippen LogP contribution in [0.25, 0.3) is 33.9 Å². The molecule has 3 aromatic heterocycles. The van der Waals surface area contributed by atoms with Gasteiger partial charge in [-0.25, -0.2) is 19.7 Å². The predicted molar refractivity (Wildman–Crippen MR) is 110 cm³/mol. The summed E-state index contributed by atoms with van der Waals surface area (Å²) in [6, 6.07) is 7.70. The number of aryl methyl sites for hydroxylation is 1. The molecular weight excluding hydrogens is 384 g/mol. The van der Waals surface area contributed by atoms with Crippen LogP contribution >= 0.6 is 0 Å². The third-order valence-corrected chi connectivity index (χ3v) is 5.28. The highest BCUT2D eigenvalue weighted by Crippen LogP contribution is 2.22. The molecule has 1 amide bonds. The summed E-state index contributed by atoms with van der Waals surface area (Å²) in [4.78, 5) is 42.1. The van der Waals surface area contributed by atoms with E-state index in [2.05, 4.69) is 30.1 Å². The number of H-pyrrole nitrogens is 2. The van der Waals surface area contributed by atoms with Gasteiger partial charge in [0.05, 0.1) is 11.9 Å². The standard InChI is InChI=1S/C20H20N8O2/c1-12-22-17(26-25-12)14-6-4-13(5-7-14)15-11-21-18-19(23-15)28(20(30)24-18)10-9-27-8-2-3-16(27)29/h4-7,11H,2-3,8-10H2,1H3,(H,21,24,30)(H,22,25,26). The van der Waals surface area contributed by atoms with Crippen molar-refractivity contribution >= 4 is 17.2 Å². The molecule has 0 saturated carbocycles. The number of carbonyl (C=O) groups is 1. The number of carbonyl (C=O) groups excluding carboxylic acids is 1. The minimum Gasteiger partial charge on any atom is -0.341 e. The third kappa shape index (κ3) is 3.25. The molecule has 1 aliphatic rings. The summed E-state index contributed by atoms with van der Waals surface area (Å²) in [5, 5.41) is 7.00. The summed E-state index contributed by atoms with van der Waals surface area (Å²) in [5.74, 6) is 1.53. The second kappa shape index (κ2) is 7.21. The molecule has 1 saturated heterocycles. The zero-order chi connectivity index (χ0) is 20.7. The number of aromatic amines is 2. The Bertz CT molecular complexity index is 1280. The highest BCUT2D eigenvalue weighted by molar-refractivity contribution is 5.78. The van der Waals surface area contributed by atoms with E-state index in [0.29, 0.717) is 42.3 Å².